The fraction of sp³-hybridized carbons (Fsp3) is 0.211. The van der Waals surface area contributed by atoms with Crippen molar-refractivity contribution in [3.8, 4) is 0 Å². The fourth-order valence-corrected chi connectivity index (χ4v) is 2.50. The second kappa shape index (κ2) is 7.69. The number of benzene rings is 2. The molecule has 0 aliphatic heterocycles. The van der Waals surface area contributed by atoms with Gasteiger partial charge in [-0.25, -0.2) is 4.79 Å². The maximum Gasteiger partial charge on any atom is 0.435 e. The first-order valence-corrected chi connectivity index (χ1v) is 8.42. The Morgan fingerprint density at radius 3 is 2.69 bits per heavy atom. The van der Waals surface area contributed by atoms with Crippen LogP contribution in [0, 0.1) is 0 Å². The van der Waals surface area contributed by atoms with Gasteiger partial charge in [0.2, 0.25) is 0 Å². The molecule has 3 rings (SSSR count). The number of carbonyl (C=O) groups is 2. The number of anilines is 2. The number of nitrogens with two attached hydrogens (primary N) is 1. The zero-order chi connectivity index (χ0) is 18.5. The lowest BCUT2D eigenvalue weighted by Crippen LogP contribution is -2.17. The summed E-state index contributed by atoms with van der Waals surface area (Å²) in [6.07, 6.45) is 1.10. The molecule has 134 valence electrons. The zero-order valence-corrected chi connectivity index (χ0v) is 14.4. The molecule has 7 heteroatoms. The molecule has 0 saturated heterocycles. The van der Waals surface area contributed by atoms with Crippen LogP contribution in [0.25, 0.3) is 10.9 Å². The first-order valence-electron chi connectivity index (χ1n) is 8.42. The van der Waals surface area contributed by atoms with Crippen LogP contribution in [-0.2, 0) is 4.74 Å². The van der Waals surface area contributed by atoms with E-state index in [1.807, 2.05) is 13.0 Å². The molecule has 0 saturated carbocycles. The van der Waals surface area contributed by atoms with Gasteiger partial charge in [0, 0.05) is 16.6 Å². The van der Waals surface area contributed by atoms with Gasteiger partial charge in [-0.15, -0.1) is 5.10 Å². The first-order chi connectivity index (χ1) is 12.6. The highest BCUT2D eigenvalue weighted by molar-refractivity contribution is 6.09. The Hall–Kier alpha value is -3.35. The zero-order valence-electron chi connectivity index (χ0n) is 14.4. The van der Waals surface area contributed by atoms with Crippen LogP contribution < -0.4 is 11.1 Å². The van der Waals surface area contributed by atoms with Crippen LogP contribution in [0.2, 0.25) is 0 Å². The van der Waals surface area contributed by atoms with Gasteiger partial charge < -0.3 is 15.8 Å². The van der Waals surface area contributed by atoms with Crippen molar-refractivity contribution in [2.75, 3.05) is 17.7 Å². The molecule has 7 nitrogen and oxygen atoms in total. The van der Waals surface area contributed by atoms with Crippen LogP contribution in [0.3, 0.4) is 0 Å². The van der Waals surface area contributed by atoms with Crippen LogP contribution in [-0.4, -0.2) is 28.4 Å². The molecular formula is C19H20N4O3. The SMILES string of the molecule is CCCCOC(=O)n1nc(NC(=O)c2ccccc2)c2cc(N)ccc21. The third kappa shape index (κ3) is 3.66. The lowest BCUT2D eigenvalue weighted by molar-refractivity contribution is 0.102. The minimum Gasteiger partial charge on any atom is -0.448 e. The van der Waals surface area contributed by atoms with Gasteiger partial charge in [0.25, 0.3) is 5.91 Å². The number of hydrogen-bond donors (Lipinski definition) is 2. The summed E-state index contributed by atoms with van der Waals surface area (Å²) >= 11 is 0. The quantitative estimate of drug-likeness (QED) is 0.539. The molecule has 0 bridgehead atoms. The highest BCUT2D eigenvalue weighted by Gasteiger charge is 2.19. The number of hydrogen-bond acceptors (Lipinski definition) is 5. The molecule has 0 unspecified atom stereocenters. The average molecular weight is 352 g/mol. The van der Waals surface area contributed by atoms with Crippen LogP contribution in [0.15, 0.2) is 48.5 Å². The number of rotatable bonds is 5. The number of nitrogens with one attached hydrogen (secondary N) is 1. The van der Waals surface area contributed by atoms with Crippen molar-refractivity contribution >= 4 is 34.4 Å². The fourth-order valence-electron chi connectivity index (χ4n) is 2.50. The normalized spacial score (nSPS) is 10.7. The molecule has 3 N–H and O–H groups in total. The molecular weight excluding hydrogens is 332 g/mol. The summed E-state index contributed by atoms with van der Waals surface area (Å²) in [6, 6.07) is 13.8. The Balaban J connectivity index is 1.93. The Morgan fingerprint density at radius 2 is 1.96 bits per heavy atom. The van der Waals surface area contributed by atoms with Gasteiger partial charge in [-0.1, -0.05) is 31.5 Å². The molecule has 1 amide bonds. The number of amides is 1. The van der Waals surface area contributed by atoms with Gasteiger partial charge >= 0.3 is 6.09 Å². The number of nitrogen functional groups attached to an aromatic ring is 1. The maximum absolute atomic E-state index is 12.4. The van der Waals surface area contributed by atoms with E-state index in [1.54, 1.807) is 42.5 Å². The summed E-state index contributed by atoms with van der Waals surface area (Å²) in [6.45, 7) is 2.33. The molecule has 3 aromatic rings. The van der Waals surface area contributed by atoms with Gasteiger partial charge in [0.15, 0.2) is 5.82 Å². The molecule has 0 spiro atoms. The predicted octanol–water partition coefficient (Wildman–Crippen LogP) is 3.66. The minimum absolute atomic E-state index is 0.258. The first kappa shape index (κ1) is 17.5. The van der Waals surface area contributed by atoms with Crippen LogP contribution in [0.5, 0.6) is 0 Å². The van der Waals surface area contributed by atoms with E-state index < -0.39 is 6.09 Å². The van der Waals surface area contributed by atoms with Crippen molar-refractivity contribution in [3.05, 3.63) is 54.1 Å². The number of fused-ring (bicyclic) bond motifs is 1. The second-order valence-corrected chi connectivity index (χ2v) is 5.83. The Labute approximate surface area is 150 Å². The molecule has 0 atom stereocenters. The molecule has 0 aliphatic carbocycles. The summed E-state index contributed by atoms with van der Waals surface area (Å²) in [4.78, 5) is 24.7. The summed E-state index contributed by atoms with van der Waals surface area (Å²) in [5.41, 5.74) is 7.37. The van der Waals surface area contributed by atoms with Crippen LogP contribution in [0.4, 0.5) is 16.3 Å². The highest BCUT2D eigenvalue weighted by Crippen LogP contribution is 2.26. The maximum atomic E-state index is 12.4. The lowest BCUT2D eigenvalue weighted by Gasteiger charge is -2.04. The van der Waals surface area contributed by atoms with Crippen molar-refractivity contribution < 1.29 is 14.3 Å². The van der Waals surface area contributed by atoms with Gasteiger partial charge in [0.05, 0.1) is 12.1 Å². The molecule has 0 radical (unpaired) electrons. The monoisotopic (exact) mass is 352 g/mol. The van der Waals surface area contributed by atoms with Crippen LogP contribution >= 0.6 is 0 Å². The van der Waals surface area contributed by atoms with Crippen LogP contribution in [0.1, 0.15) is 30.1 Å². The molecule has 26 heavy (non-hydrogen) atoms. The van der Waals surface area contributed by atoms with Crippen molar-refractivity contribution in [2.45, 2.75) is 19.8 Å². The minimum atomic E-state index is -0.589. The van der Waals surface area contributed by atoms with E-state index in [9.17, 15) is 9.59 Å². The van der Waals surface area contributed by atoms with Gasteiger partial charge in [-0.05, 0) is 36.8 Å². The topological polar surface area (TPSA) is 99.2 Å². The number of unbranched alkanes of at least 4 members (excludes halogenated alkanes) is 1. The third-order valence-corrected chi connectivity index (χ3v) is 3.87. The van der Waals surface area contributed by atoms with E-state index in [-0.39, 0.29) is 11.7 Å². The van der Waals surface area contributed by atoms with Crippen molar-refractivity contribution in [2.24, 2.45) is 0 Å². The number of ether oxygens (including phenoxy) is 1. The lowest BCUT2D eigenvalue weighted by atomic mass is 10.2. The second-order valence-electron chi connectivity index (χ2n) is 5.83. The van der Waals surface area contributed by atoms with E-state index in [4.69, 9.17) is 10.5 Å². The Kier molecular flexibility index (Phi) is 5.17. The Bertz CT molecular complexity index is 935. The summed E-state index contributed by atoms with van der Waals surface area (Å²) in [7, 11) is 0. The third-order valence-electron chi connectivity index (χ3n) is 3.87. The summed E-state index contributed by atoms with van der Waals surface area (Å²) in [5, 5.41) is 7.54. The average Bonchev–Trinajstić information content (AvgIpc) is 3.00. The van der Waals surface area contributed by atoms with Crippen molar-refractivity contribution in [1.82, 2.24) is 9.78 Å². The molecule has 2 aromatic carbocycles. The van der Waals surface area contributed by atoms with E-state index in [0.717, 1.165) is 17.5 Å². The number of aromatic nitrogens is 2. The van der Waals surface area contributed by atoms with Crippen molar-refractivity contribution in [3.63, 3.8) is 0 Å². The van der Waals surface area contributed by atoms with Gasteiger partial charge in [-0.2, -0.15) is 4.68 Å². The van der Waals surface area contributed by atoms with E-state index in [2.05, 4.69) is 10.4 Å². The van der Waals surface area contributed by atoms with E-state index >= 15 is 0 Å². The molecule has 0 fully saturated rings. The summed E-state index contributed by atoms with van der Waals surface area (Å²) in [5.74, 6) is -0.0625. The summed E-state index contributed by atoms with van der Waals surface area (Å²) < 4.78 is 6.37. The highest BCUT2D eigenvalue weighted by atomic mass is 16.6. The number of nitrogens with zero attached hydrogens (tertiary/aromatic N) is 2. The largest absolute Gasteiger partial charge is 0.448 e. The van der Waals surface area contributed by atoms with Crippen molar-refractivity contribution in [1.29, 1.82) is 0 Å². The van der Waals surface area contributed by atoms with Gasteiger partial charge in [-0.3, -0.25) is 4.79 Å². The van der Waals surface area contributed by atoms with E-state index in [1.165, 1.54) is 0 Å². The molecule has 1 aromatic heterocycles. The molecule has 1 heterocycles. The Morgan fingerprint density at radius 1 is 1.19 bits per heavy atom. The predicted molar refractivity (Wildman–Crippen MR) is 100 cm³/mol. The smallest absolute Gasteiger partial charge is 0.435 e. The number of carbonyl (C=O) groups excluding carboxylic acids is 2. The van der Waals surface area contributed by atoms with E-state index in [0.29, 0.717) is 28.8 Å². The standard InChI is InChI=1S/C19H20N4O3/c1-2-3-11-26-19(25)23-16-10-9-14(20)12-15(16)17(22-23)21-18(24)13-7-5-4-6-8-13/h4-10,12H,2-3,11,20H2,1H3,(H,21,22,24). The molecule has 0 aliphatic rings. The van der Waals surface area contributed by atoms with Gasteiger partial charge in [0.1, 0.15) is 0 Å².